The van der Waals surface area contributed by atoms with Crippen molar-refractivity contribution in [1.82, 2.24) is 15.0 Å². The zero-order valence-electron chi connectivity index (χ0n) is 16.8. The van der Waals surface area contributed by atoms with Gasteiger partial charge < -0.3 is 25.0 Å². The molecular weight excluding hydrogens is 368 g/mol. The third-order valence-corrected chi connectivity index (χ3v) is 6.04. The molecule has 5 rings (SSSR count). The molecule has 0 atom stereocenters. The molecule has 0 unspecified atom stereocenters. The molecule has 29 heavy (non-hydrogen) atoms. The average molecular weight is 396 g/mol. The molecule has 0 radical (unpaired) electrons. The molecule has 2 N–H and O–H groups in total. The summed E-state index contributed by atoms with van der Waals surface area (Å²) < 4.78 is 11.1. The van der Waals surface area contributed by atoms with Crippen LogP contribution in [-0.2, 0) is 22.3 Å². The lowest BCUT2D eigenvalue weighted by Gasteiger charge is -2.31. The summed E-state index contributed by atoms with van der Waals surface area (Å²) in [5.74, 6) is 2.40. The van der Waals surface area contributed by atoms with Crippen LogP contribution in [0.2, 0.25) is 0 Å². The smallest absolute Gasteiger partial charge is 0.228 e. The molecule has 2 fully saturated rings. The fraction of sp³-hybridized carbons (Fsp3) is 0.571. The van der Waals surface area contributed by atoms with Crippen LogP contribution in [0.1, 0.15) is 24.0 Å². The summed E-state index contributed by atoms with van der Waals surface area (Å²) in [6.07, 6.45) is 6.28. The number of hydrogen-bond acceptors (Lipinski definition) is 8. The van der Waals surface area contributed by atoms with Gasteiger partial charge in [-0.1, -0.05) is 0 Å². The summed E-state index contributed by atoms with van der Waals surface area (Å²) in [4.78, 5) is 18.9. The average Bonchev–Trinajstić information content (AvgIpc) is 2.80. The van der Waals surface area contributed by atoms with E-state index < -0.39 is 0 Å². The molecule has 4 heterocycles. The molecule has 1 aliphatic carbocycles. The topological polar surface area (TPSA) is 89.6 Å². The van der Waals surface area contributed by atoms with E-state index in [1.165, 1.54) is 24.0 Å². The van der Waals surface area contributed by atoms with Gasteiger partial charge >= 0.3 is 0 Å². The quantitative estimate of drug-likeness (QED) is 0.838. The predicted molar refractivity (Wildman–Crippen MR) is 112 cm³/mol. The van der Waals surface area contributed by atoms with Crippen LogP contribution in [0.15, 0.2) is 12.3 Å². The van der Waals surface area contributed by atoms with Crippen LogP contribution in [0, 0.1) is 0 Å². The fourth-order valence-corrected chi connectivity index (χ4v) is 4.42. The van der Waals surface area contributed by atoms with Crippen LogP contribution in [0.25, 0.3) is 11.3 Å². The first kappa shape index (κ1) is 18.6. The summed E-state index contributed by atoms with van der Waals surface area (Å²) in [5, 5.41) is 0. The molecule has 2 aromatic heterocycles. The Balaban J connectivity index is 1.60. The molecule has 2 aliphatic heterocycles. The number of nitrogens with two attached hydrogens (primary N) is 1. The van der Waals surface area contributed by atoms with Gasteiger partial charge in [-0.25, -0.2) is 9.97 Å². The van der Waals surface area contributed by atoms with Gasteiger partial charge in [0.1, 0.15) is 11.6 Å². The largest absolute Gasteiger partial charge is 0.383 e. The molecule has 154 valence electrons. The highest BCUT2D eigenvalue weighted by Crippen LogP contribution is 2.34. The lowest BCUT2D eigenvalue weighted by Crippen LogP contribution is -2.39. The third kappa shape index (κ3) is 3.74. The lowest BCUT2D eigenvalue weighted by atomic mass is 9.88. The van der Waals surface area contributed by atoms with E-state index in [4.69, 9.17) is 25.2 Å². The Labute approximate surface area is 171 Å². The lowest BCUT2D eigenvalue weighted by molar-refractivity contribution is 0.121. The van der Waals surface area contributed by atoms with E-state index >= 15 is 0 Å². The second-order valence-electron chi connectivity index (χ2n) is 7.83. The molecular formula is C21H28N6O2. The van der Waals surface area contributed by atoms with Gasteiger partial charge in [-0.15, -0.1) is 0 Å². The first-order valence-corrected chi connectivity index (χ1v) is 10.6. The minimum Gasteiger partial charge on any atom is -0.383 e. The van der Waals surface area contributed by atoms with Crippen LogP contribution in [0.4, 0.5) is 17.6 Å². The zero-order valence-corrected chi connectivity index (χ0v) is 16.8. The van der Waals surface area contributed by atoms with Gasteiger partial charge in [-0.3, -0.25) is 0 Å². The van der Waals surface area contributed by atoms with Gasteiger partial charge in [-0.05, 0) is 36.8 Å². The molecule has 2 saturated heterocycles. The van der Waals surface area contributed by atoms with E-state index in [2.05, 4.69) is 20.9 Å². The number of morpholine rings is 2. The monoisotopic (exact) mass is 396 g/mol. The zero-order chi connectivity index (χ0) is 19.6. The molecule has 8 nitrogen and oxygen atoms in total. The summed E-state index contributed by atoms with van der Waals surface area (Å²) in [6, 6.07) is 2.11. The Kier molecular flexibility index (Phi) is 5.20. The predicted octanol–water partition coefficient (Wildman–Crippen LogP) is 1.67. The van der Waals surface area contributed by atoms with E-state index in [0.29, 0.717) is 19.0 Å². The molecule has 2 aromatic rings. The van der Waals surface area contributed by atoms with E-state index in [9.17, 15) is 0 Å². The standard InChI is InChI=1S/C21H28N6O2/c22-20-16-4-2-1-3-15(16)17(14-23-20)18-13-19(26-5-9-28-10-6-26)25-21(24-18)27-7-11-29-12-8-27/h13-14H,1-12H2,(H2,22,23). The highest BCUT2D eigenvalue weighted by Gasteiger charge is 2.23. The number of ether oxygens (including phenoxy) is 2. The molecule has 3 aliphatic rings. The normalized spacial score (nSPS) is 19.9. The maximum absolute atomic E-state index is 6.19. The van der Waals surface area contributed by atoms with Crippen molar-refractivity contribution in [3.8, 4) is 11.3 Å². The van der Waals surface area contributed by atoms with E-state index in [0.717, 1.165) is 75.3 Å². The van der Waals surface area contributed by atoms with Crippen molar-refractivity contribution in [3.05, 3.63) is 23.4 Å². The maximum Gasteiger partial charge on any atom is 0.228 e. The van der Waals surface area contributed by atoms with Crippen molar-refractivity contribution in [1.29, 1.82) is 0 Å². The minimum atomic E-state index is 0.666. The van der Waals surface area contributed by atoms with Gasteiger partial charge in [0.05, 0.1) is 32.1 Å². The highest BCUT2D eigenvalue weighted by molar-refractivity contribution is 5.71. The minimum absolute atomic E-state index is 0.666. The summed E-state index contributed by atoms with van der Waals surface area (Å²) >= 11 is 0. The van der Waals surface area contributed by atoms with Crippen LogP contribution in [-0.4, -0.2) is 67.6 Å². The number of pyridine rings is 1. The van der Waals surface area contributed by atoms with Crippen LogP contribution in [0.5, 0.6) is 0 Å². The molecule has 0 aromatic carbocycles. The summed E-state index contributed by atoms with van der Waals surface area (Å²) in [7, 11) is 0. The number of anilines is 3. The maximum atomic E-state index is 6.19. The molecule has 0 saturated carbocycles. The van der Waals surface area contributed by atoms with Crippen molar-refractivity contribution >= 4 is 17.6 Å². The molecule has 8 heteroatoms. The van der Waals surface area contributed by atoms with Crippen molar-refractivity contribution in [2.24, 2.45) is 0 Å². The Bertz CT molecular complexity index is 841. The first-order chi connectivity index (χ1) is 14.3. The number of rotatable bonds is 3. The van der Waals surface area contributed by atoms with Crippen molar-refractivity contribution in [2.75, 3.05) is 68.1 Å². The van der Waals surface area contributed by atoms with Gasteiger partial charge in [0, 0.05) is 44.0 Å². The Morgan fingerprint density at radius 1 is 0.828 bits per heavy atom. The van der Waals surface area contributed by atoms with Crippen molar-refractivity contribution in [3.63, 3.8) is 0 Å². The number of nitrogens with zero attached hydrogens (tertiary/aromatic N) is 5. The van der Waals surface area contributed by atoms with Crippen molar-refractivity contribution in [2.45, 2.75) is 25.7 Å². The Morgan fingerprint density at radius 3 is 2.21 bits per heavy atom. The van der Waals surface area contributed by atoms with Gasteiger partial charge in [-0.2, -0.15) is 4.98 Å². The fourth-order valence-electron chi connectivity index (χ4n) is 4.42. The van der Waals surface area contributed by atoms with Crippen LogP contribution in [0.3, 0.4) is 0 Å². The first-order valence-electron chi connectivity index (χ1n) is 10.6. The van der Waals surface area contributed by atoms with E-state index in [1.807, 2.05) is 6.20 Å². The van der Waals surface area contributed by atoms with Crippen LogP contribution >= 0.6 is 0 Å². The van der Waals surface area contributed by atoms with Crippen LogP contribution < -0.4 is 15.5 Å². The number of fused-ring (bicyclic) bond motifs is 1. The summed E-state index contributed by atoms with van der Waals surface area (Å²) in [5.41, 5.74) is 10.7. The molecule has 0 amide bonds. The highest BCUT2D eigenvalue weighted by atomic mass is 16.5. The second kappa shape index (κ2) is 8.12. The third-order valence-electron chi connectivity index (χ3n) is 6.04. The van der Waals surface area contributed by atoms with Gasteiger partial charge in [0.2, 0.25) is 5.95 Å². The van der Waals surface area contributed by atoms with Gasteiger partial charge in [0.15, 0.2) is 0 Å². The Hall–Kier alpha value is -2.45. The Morgan fingerprint density at radius 2 is 1.48 bits per heavy atom. The second-order valence-corrected chi connectivity index (χ2v) is 7.83. The molecule has 0 spiro atoms. The number of hydrogen-bond donors (Lipinski definition) is 1. The molecule has 0 bridgehead atoms. The van der Waals surface area contributed by atoms with Gasteiger partial charge in [0.25, 0.3) is 0 Å². The SMILES string of the molecule is Nc1ncc(-c2cc(N3CCOCC3)nc(N3CCOCC3)n2)c2c1CCCC2. The van der Waals surface area contributed by atoms with E-state index in [1.54, 1.807) is 0 Å². The summed E-state index contributed by atoms with van der Waals surface area (Å²) in [6.45, 7) is 6.18. The number of nitrogen functional groups attached to an aromatic ring is 1. The number of aromatic nitrogens is 3. The van der Waals surface area contributed by atoms with E-state index in [-0.39, 0.29) is 0 Å². The van der Waals surface area contributed by atoms with Crippen molar-refractivity contribution < 1.29 is 9.47 Å².